The average Bonchev–Trinajstić information content (AvgIpc) is 3.32. The molecule has 3 aromatic rings. The molecule has 3 aromatic carbocycles. The predicted molar refractivity (Wildman–Crippen MR) is 174 cm³/mol. The van der Waals surface area contributed by atoms with E-state index in [0.717, 1.165) is 27.9 Å². The molecule has 1 heterocycles. The van der Waals surface area contributed by atoms with Gasteiger partial charge in [0.05, 0.1) is 13.0 Å². The number of esters is 1. The summed E-state index contributed by atoms with van der Waals surface area (Å²) in [6.07, 6.45) is -0.416. The van der Waals surface area contributed by atoms with Crippen LogP contribution in [-0.2, 0) is 32.0 Å². The van der Waals surface area contributed by atoms with Crippen LogP contribution in [-0.4, -0.2) is 73.0 Å². The molecule has 1 amide bonds. The largest absolute Gasteiger partial charge is 0.481 e. The number of aliphatic carboxylic acids is 1. The Kier molecular flexibility index (Phi) is 9.48. The molecule has 0 aromatic heterocycles. The molecule has 0 saturated carbocycles. The first kappa shape index (κ1) is 32.0. The molecule has 9 nitrogen and oxygen atoms in total. The number of hydrogen-bond acceptors (Lipinski definition) is 7. The van der Waals surface area contributed by atoms with Crippen molar-refractivity contribution in [2.75, 3.05) is 44.2 Å². The van der Waals surface area contributed by atoms with E-state index in [9.17, 15) is 19.5 Å². The zero-order valence-electron chi connectivity index (χ0n) is 26.8. The fourth-order valence-electron chi connectivity index (χ4n) is 6.43. The molecule has 1 aliphatic carbocycles. The number of carbonyl (C=O) groups excluding carboxylic acids is 2. The van der Waals surface area contributed by atoms with E-state index < -0.39 is 11.6 Å². The van der Waals surface area contributed by atoms with Crippen molar-refractivity contribution in [2.45, 2.75) is 59.1 Å². The van der Waals surface area contributed by atoms with Crippen LogP contribution in [0.2, 0.25) is 0 Å². The Labute approximate surface area is 265 Å². The molecule has 0 radical (unpaired) electrons. The number of carboxylic acids is 1. The summed E-state index contributed by atoms with van der Waals surface area (Å²) in [4.78, 5) is 41.1. The van der Waals surface area contributed by atoms with Crippen LogP contribution in [0.3, 0.4) is 0 Å². The molecule has 2 N–H and O–H groups in total. The average molecular weight is 614 g/mol. The van der Waals surface area contributed by atoms with Crippen molar-refractivity contribution in [2.24, 2.45) is 0 Å². The van der Waals surface area contributed by atoms with Crippen molar-refractivity contribution in [3.05, 3.63) is 88.0 Å². The monoisotopic (exact) mass is 613 g/mol. The van der Waals surface area contributed by atoms with Gasteiger partial charge in [0.1, 0.15) is 12.2 Å². The fraction of sp³-hybridized carbons (Fsp3) is 0.417. The number of rotatable bonds is 9. The van der Waals surface area contributed by atoms with Gasteiger partial charge in [0.25, 0.3) is 0 Å². The molecule has 238 valence electrons. The topological polar surface area (TPSA) is 108 Å². The van der Waals surface area contributed by atoms with E-state index in [1.54, 1.807) is 4.90 Å². The quantitative estimate of drug-likeness (QED) is 0.308. The Hall–Kier alpha value is -4.37. The van der Waals surface area contributed by atoms with E-state index in [4.69, 9.17) is 9.47 Å². The van der Waals surface area contributed by atoms with E-state index in [-0.39, 0.29) is 37.6 Å². The van der Waals surface area contributed by atoms with Gasteiger partial charge in [-0.1, -0.05) is 48.5 Å². The molecule has 0 unspecified atom stereocenters. The molecule has 1 aliphatic heterocycles. The first-order valence-corrected chi connectivity index (χ1v) is 15.5. The zero-order valence-corrected chi connectivity index (χ0v) is 26.8. The molecule has 1 fully saturated rings. The van der Waals surface area contributed by atoms with Crippen LogP contribution in [0.1, 0.15) is 60.1 Å². The summed E-state index contributed by atoms with van der Waals surface area (Å²) in [5, 5.41) is 12.8. The second-order valence-corrected chi connectivity index (χ2v) is 12.8. The minimum atomic E-state index is -0.897. The zero-order chi connectivity index (χ0) is 32.3. The molecule has 2 aliphatic rings. The van der Waals surface area contributed by atoms with Crippen molar-refractivity contribution in [1.82, 2.24) is 10.2 Å². The number of nitrogens with one attached hydrogen (secondary N) is 1. The van der Waals surface area contributed by atoms with E-state index in [2.05, 4.69) is 40.5 Å². The van der Waals surface area contributed by atoms with E-state index in [1.807, 2.05) is 58.9 Å². The Morgan fingerprint density at radius 1 is 0.911 bits per heavy atom. The SMILES string of the molecule is Cc1c(CNCC(=O)OC(C)(C)C)cc(N2CCN(C(=O)OCC3c4ccccc4-c4ccccc43)CC2)c(C)c1CC(=O)O. The first-order chi connectivity index (χ1) is 21.4. The molecule has 45 heavy (non-hydrogen) atoms. The Morgan fingerprint density at radius 2 is 1.51 bits per heavy atom. The molecule has 5 rings (SSSR count). The molecular formula is C36H43N3O6. The highest BCUT2D eigenvalue weighted by molar-refractivity contribution is 5.79. The molecule has 0 spiro atoms. The van der Waals surface area contributed by atoms with Crippen molar-refractivity contribution in [3.63, 3.8) is 0 Å². The number of amides is 1. The maximum absolute atomic E-state index is 13.2. The first-order valence-electron chi connectivity index (χ1n) is 15.5. The van der Waals surface area contributed by atoms with Gasteiger partial charge >= 0.3 is 18.0 Å². The summed E-state index contributed by atoms with van der Waals surface area (Å²) < 4.78 is 11.3. The maximum Gasteiger partial charge on any atom is 0.409 e. The number of piperazine rings is 1. The highest BCUT2D eigenvalue weighted by atomic mass is 16.6. The van der Waals surface area contributed by atoms with Gasteiger partial charge in [0.2, 0.25) is 0 Å². The van der Waals surface area contributed by atoms with Gasteiger partial charge in [-0.05, 0) is 85.2 Å². The van der Waals surface area contributed by atoms with E-state index in [1.165, 1.54) is 22.3 Å². The lowest BCUT2D eigenvalue weighted by molar-refractivity contribution is -0.153. The standard InChI is InChI=1S/C36H43N3O6/c1-23-25(20-37-21-34(42)45-36(3,4)5)18-32(24(2)30(23)19-33(40)41)38-14-16-39(17-15-38)35(43)44-22-31-28-12-8-6-10-26(28)27-11-7-9-13-29(27)31/h6-13,18,31,37H,14-17,19-22H2,1-5H3,(H,40,41). The number of anilines is 1. The highest BCUT2D eigenvalue weighted by Crippen LogP contribution is 2.44. The molecular weight excluding hydrogens is 570 g/mol. The number of hydrogen-bond donors (Lipinski definition) is 2. The van der Waals surface area contributed by atoms with Crippen LogP contribution in [0.15, 0.2) is 54.6 Å². The summed E-state index contributed by atoms with van der Waals surface area (Å²) in [6.45, 7) is 12.2. The lowest BCUT2D eigenvalue weighted by atomic mass is 9.92. The minimum absolute atomic E-state index is 0.00727. The minimum Gasteiger partial charge on any atom is -0.481 e. The van der Waals surface area contributed by atoms with Crippen molar-refractivity contribution in [1.29, 1.82) is 0 Å². The van der Waals surface area contributed by atoms with Gasteiger partial charge in [-0.2, -0.15) is 0 Å². The molecule has 1 saturated heterocycles. The molecule has 0 atom stereocenters. The number of fused-ring (bicyclic) bond motifs is 3. The maximum atomic E-state index is 13.2. The number of ether oxygens (including phenoxy) is 2. The Balaban J connectivity index is 1.23. The third kappa shape index (κ3) is 7.31. The second kappa shape index (κ2) is 13.3. The summed E-state index contributed by atoms with van der Waals surface area (Å²) in [5.41, 5.74) is 8.63. The second-order valence-electron chi connectivity index (χ2n) is 12.8. The van der Waals surface area contributed by atoms with Crippen LogP contribution in [0.5, 0.6) is 0 Å². The van der Waals surface area contributed by atoms with Crippen molar-refractivity contribution >= 4 is 23.7 Å². The predicted octanol–water partition coefficient (Wildman–Crippen LogP) is 5.43. The number of nitrogens with zero attached hydrogens (tertiary/aromatic N) is 2. The van der Waals surface area contributed by atoms with Crippen LogP contribution in [0.25, 0.3) is 11.1 Å². The normalized spacial score (nSPS) is 14.6. The number of carbonyl (C=O) groups is 3. The summed E-state index contributed by atoms with van der Waals surface area (Å²) in [7, 11) is 0. The molecule has 9 heteroatoms. The van der Waals surface area contributed by atoms with Crippen LogP contribution in [0, 0.1) is 13.8 Å². The fourth-order valence-corrected chi connectivity index (χ4v) is 6.43. The third-order valence-electron chi connectivity index (χ3n) is 8.63. The Morgan fingerprint density at radius 3 is 2.09 bits per heavy atom. The Bertz CT molecular complexity index is 1540. The van der Waals surface area contributed by atoms with Gasteiger partial charge in [-0.3, -0.25) is 9.59 Å². The number of benzene rings is 3. The van der Waals surface area contributed by atoms with Crippen molar-refractivity contribution in [3.8, 4) is 11.1 Å². The lowest BCUT2D eigenvalue weighted by Gasteiger charge is -2.37. The molecule has 0 bridgehead atoms. The van der Waals surface area contributed by atoms with Crippen molar-refractivity contribution < 1.29 is 29.0 Å². The van der Waals surface area contributed by atoms with Crippen LogP contribution in [0.4, 0.5) is 10.5 Å². The third-order valence-corrected chi connectivity index (χ3v) is 8.63. The smallest absolute Gasteiger partial charge is 0.409 e. The van der Waals surface area contributed by atoms with Crippen LogP contribution >= 0.6 is 0 Å². The summed E-state index contributed by atoms with van der Waals surface area (Å²) >= 11 is 0. The van der Waals surface area contributed by atoms with E-state index in [0.29, 0.717) is 32.7 Å². The van der Waals surface area contributed by atoms with Gasteiger partial charge in [-0.15, -0.1) is 0 Å². The van der Waals surface area contributed by atoms with Crippen LogP contribution < -0.4 is 10.2 Å². The summed E-state index contributed by atoms with van der Waals surface area (Å²) in [6, 6.07) is 18.6. The van der Waals surface area contributed by atoms with Gasteiger partial charge in [0.15, 0.2) is 0 Å². The lowest BCUT2D eigenvalue weighted by Crippen LogP contribution is -2.49. The van der Waals surface area contributed by atoms with Gasteiger partial charge in [-0.25, -0.2) is 4.79 Å². The number of carboxylic acid groups (broad SMARTS) is 1. The highest BCUT2D eigenvalue weighted by Gasteiger charge is 2.31. The van der Waals surface area contributed by atoms with E-state index >= 15 is 0 Å². The summed E-state index contributed by atoms with van der Waals surface area (Å²) in [5.74, 6) is -1.23. The van der Waals surface area contributed by atoms with Gasteiger partial charge < -0.3 is 29.7 Å². The van der Waals surface area contributed by atoms with Gasteiger partial charge in [0, 0.05) is 44.3 Å².